The molecule has 2 aromatic carbocycles. The van der Waals surface area contributed by atoms with Gasteiger partial charge >= 0.3 is 0 Å². The van der Waals surface area contributed by atoms with Gasteiger partial charge in [-0.1, -0.05) is 45.0 Å². The van der Waals surface area contributed by atoms with E-state index in [-0.39, 0.29) is 17.1 Å². The third-order valence-electron chi connectivity index (χ3n) is 5.48. The van der Waals surface area contributed by atoms with Gasteiger partial charge in [0.15, 0.2) is 6.10 Å². The quantitative estimate of drug-likeness (QED) is 0.441. The second-order valence-corrected chi connectivity index (χ2v) is 9.97. The van der Waals surface area contributed by atoms with Crippen molar-refractivity contribution in [2.24, 2.45) is 0 Å². The Morgan fingerprint density at radius 3 is 2.71 bits per heavy atom. The average molecular weight is 433 g/mol. The maximum Gasteiger partial charge on any atom is 0.300 e. The van der Waals surface area contributed by atoms with Crippen molar-refractivity contribution in [3.63, 3.8) is 0 Å². The number of benzene rings is 2. The number of hydrogen-bond donors (Lipinski definition) is 0. The van der Waals surface area contributed by atoms with Crippen LogP contribution in [0.3, 0.4) is 0 Å². The summed E-state index contributed by atoms with van der Waals surface area (Å²) in [5.74, 6) is 0.811. The second kappa shape index (κ2) is 7.54. The molecule has 0 N–H and O–H groups in total. The van der Waals surface area contributed by atoms with Crippen LogP contribution >= 0.6 is 11.3 Å². The zero-order valence-electron chi connectivity index (χ0n) is 17.8. The summed E-state index contributed by atoms with van der Waals surface area (Å²) in [5.41, 5.74) is 2.43. The Morgan fingerprint density at radius 2 is 1.94 bits per heavy atom. The lowest BCUT2D eigenvalue weighted by Gasteiger charge is -2.18. The van der Waals surface area contributed by atoms with Gasteiger partial charge < -0.3 is 9.47 Å². The summed E-state index contributed by atoms with van der Waals surface area (Å²) in [6.45, 7) is 7.71. The van der Waals surface area contributed by atoms with Gasteiger partial charge in [0.2, 0.25) is 0 Å². The van der Waals surface area contributed by atoms with Crippen LogP contribution in [0.1, 0.15) is 26.3 Å². The third-order valence-corrected chi connectivity index (χ3v) is 6.63. The minimum absolute atomic E-state index is 0.154. The van der Waals surface area contributed by atoms with Gasteiger partial charge in [0, 0.05) is 21.8 Å². The molecule has 158 valence electrons. The fourth-order valence-electron chi connectivity index (χ4n) is 3.71. The van der Waals surface area contributed by atoms with Gasteiger partial charge in [-0.05, 0) is 46.2 Å². The van der Waals surface area contributed by atoms with Crippen LogP contribution in [-0.4, -0.2) is 22.3 Å². The average Bonchev–Trinajstić information content (AvgIpc) is 3.34. The summed E-state index contributed by atoms with van der Waals surface area (Å²) < 4.78 is 14.7. The van der Waals surface area contributed by atoms with Crippen LogP contribution in [0.25, 0.3) is 20.5 Å². The largest absolute Gasteiger partial charge is 0.490 e. The molecule has 0 saturated heterocycles. The Balaban J connectivity index is 1.29. The highest BCUT2D eigenvalue weighted by atomic mass is 32.1. The van der Waals surface area contributed by atoms with E-state index >= 15 is 0 Å². The van der Waals surface area contributed by atoms with E-state index in [9.17, 15) is 4.79 Å². The van der Waals surface area contributed by atoms with Crippen molar-refractivity contribution in [2.45, 2.75) is 38.8 Å². The van der Waals surface area contributed by atoms with Crippen molar-refractivity contribution in [1.29, 1.82) is 0 Å². The van der Waals surface area contributed by atoms with Crippen molar-refractivity contribution in [3.05, 3.63) is 76.7 Å². The summed E-state index contributed by atoms with van der Waals surface area (Å²) >= 11 is 1.77. The Hall–Kier alpha value is -3.12. The molecular weight excluding hydrogens is 408 g/mol. The molecule has 1 aliphatic heterocycles. The summed E-state index contributed by atoms with van der Waals surface area (Å²) in [7, 11) is 0. The first kappa shape index (κ1) is 19.8. The molecule has 1 atom stereocenters. The summed E-state index contributed by atoms with van der Waals surface area (Å²) in [5, 5.41) is 1.21. The van der Waals surface area contributed by atoms with Crippen molar-refractivity contribution in [1.82, 2.24) is 9.55 Å². The SMILES string of the molecule is CC(C)(C)c1ccc(-c2cc3ccc(OCC4Cn5ccc(=O)nc5O4)cc3s2)cc1. The lowest BCUT2D eigenvalue weighted by molar-refractivity contribution is 0.144. The van der Waals surface area contributed by atoms with E-state index in [0.29, 0.717) is 19.2 Å². The third kappa shape index (κ3) is 4.08. The number of nitrogens with zero attached hydrogens (tertiary/aromatic N) is 2. The lowest BCUT2D eigenvalue weighted by atomic mass is 9.86. The Labute approximate surface area is 184 Å². The fourth-order valence-corrected chi connectivity index (χ4v) is 4.80. The van der Waals surface area contributed by atoms with Crippen molar-refractivity contribution >= 4 is 21.4 Å². The molecular formula is C25H24N2O3S. The summed E-state index contributed by atoms with van der Waals surface area (Å²) in [6.07, 6.45) is 1.54. The highest BCUT2D eigenvalue weighted by Crippen LogP contribution is 2.36. The monoisotopic (exact) mass is 432 g/mol. The lowest BCUT2D eigenvalue weighted by Crippen LogP contribution is -2.23. The molecule has 0 saturated carbocycles. The van der Waals surface area contributed by atoms with Gasteiger partial charge in [0.1, 0.15) is 12.4 Å². The molecule has 0 aliphatic carbocycles. The number of thiophene rings is 1. The molecule has 5 nitrogen and oxygen atoms in total. The minimum Gasteiger partial charge on any atom is -0.490 e. The first-order valence-electron chi connectivity index (χ1n) is 10.4. The fraction of sp³-hybridized carbons (Fsp3) is 0.280. The highest BCUT2D eigenvalue weighted by molar-refractivity contribution is 7.22. The Morgan fingerprint density at radius 1 is 1.13 bits per heavy atom. The Bertz CT molecular complexity index is 1300. The normalized spacial score (nSPS) is 15.6. The van der Waals surface area contributed by atoms with Gasteiger partial charge in [-0.25, -0.2) is 0 Å². The van der Waals surface area contributed by atoms with Crippen molar-refractivity contribution in [3.8, 4) is 22.2 Å². The molecule has 1 unspecified atom stereocenters. The zero-order valence-corrected chi connectivity index (χ0v) is 18.6. The van der Waals surface area contributed by atoms with Gasteiger partial charge in [-0.3, -0.25) is 9.36 Å². The molecule has 31 heavy (non-hydrogen) atoms. The summed E-state index contributed by atoms with van der Waals surface area (Å²) in [4.78, 5) is 16.5. The number of hydrogen-bond acceptors (Lipinski definition) is 5. The molecule has 0 radical (unpaired) electrons. The topological polar surface area (TPSA) is 53.4 Å². The standard InChI is InChI=1S/C25H24N2O3S/c1-25(2,3)18-7-4-16(5-8-18)21-12-17-6-9-19(13-22(17)31-21)29-15-20-14-27-11-10-23(28)26-24(27)30-20/h4-13,20H,14-15H2,1-3H3. The Kier molecular flexibility index (Phi) is 4.82. The first-order valence-corrected chi connectivity index (χ1v) is 11.2. The van der Waals surface area contributed by atoms with Crippen LogP contribution in [0.2, 0.25) is 0 Å². The molecule has 4 aromatic rings. The van der Waals surface area contributed by atoms with E-state index in [0.717, 1.165) is 5.75 Å². The molecule has 0 spiro atoms. The van der Waals surface area contributed by atoms with Crippen LogP contribution < -0.4 is 15.0 Å². The van der Waals surface area contributed by atoms with Crippen LogP contribution in [0, 0.1) is 0 Å². The second-order valence-electron chi connectivity index (χ2n) is 8.89. The zero-order chi connectivity index (χ0) is 21.6. The van der Waals surface area contributed by atoms with E-state index < -0.39 is 0 Å². The van der Waals surface area contributed by atoms with Gasteiger partial charge in [0.05, 0.1) is 6.54 Å². The van der Waals surface area contributed by atoms with Gasteiger partial charge in [0.25, 0.3) is 11.6 Å². The molecule has 1 aliphatic rings. The van der Waals surface area contributed by atoms with E-state index in [2.05, 4.69) is 68.2 Å². The van der Waals surface area contributed by atoms with Crippen LogP contribution in [0.4, 0.5) is 0 Å². The van der Waals surface area contributed by atoms with E-state index in [1.807, 2.05) is 10.6 Å². The smallest absolute Gasteiger partial charge is 0.300 e. The number of aromatic nitrogens is 2. The van der Waals surface area contributed by atoms with Crippen LogP contribution in [0.15, 0.2) is 65.6 Å². The molecule has 5 rings (SSSR count). The van der Waals surface area contributed by atoms with Gasteiger partial charge in [-0.15, -0.1) is 11.3 Å². The molecule has 3 heterocycles. The number of fused-ring (bicyclic) bond motifs is 2. The molecule has 2 aromatic heterocycles. The van der Waals surface area contributed by atoms with E-state index in [1.54, 1.807) is 17.5 Å². The van der Waals surface area contributed by atoms with E-state index in [4.69, 9.17) is 9.47 Å². The van der Waals surface area contributed by atoms with Crippen molar-refractivity contribution < 1.29 is 9.47 Å². The van der Waals surface area contributed by atoms with Crippen molar-refractivity contribution in [2.75, 3.05) is 6.61 Å². The molecule has 0 amide bonds. The maximum absolute atomic E-state index is 11.4. The van der Waals surface area contributed by atoms with E-state index in [1.165, 1.54) is 32.2 Å². The van der Waals surface area contributed by atoms with Crippen LogP contribution in [-0.2, 0) is 12.0 Å². The van der Waals surface area contributed by atoms with Gasteiger partial charge in [-0.2, -0.15) is 4.98 Å². The molecule has 6 heteroatoms. The predicted molar refractivity (Wildman–Crippen MR) is 124 cm³/mol. The predicted octanol–water partition coefficient (Wildman–Crippen LogP) is 5.26. The van der Waals surface area contributed by atoms with Crippen LogP contribution in [0.5, 0.6) is 11.8 Å². The highest BCUT2D eigenvalue weighted by Gasteiger charge is 2.23. The first-order chi connectivity index (χ1) is 14.8. The molecule has 0 bridgehead atoms. The maximum atomic E-state index is 11.4. The number of ether oxygens (including phenoxy) is 2. The number of rotatable bonds is 4. The minimum atomic E-state index is -0.292. The molecule has 0 fully saturated rings. The summed E-state index contributed by atoms with van der Waals surface area (Å²) in [6, 6.07) is 19.0.